The third kappa shape index (κ3) is 16.2. The molecule has 130 valence electrons. The maximum atomic E-state index is 8.74. The predicted molar refractivity (Wildman–Crippen MR) is 76.3 cm³/mol. The average Bonchev–Trinajstić information content (AvgIpc) is 2.36. The minimum absolute atomic E-state index is 0.699. The molecule has 2 heterocycles. The van der Waals surface area contributed by atoms with E-state index < -0.39 is 20.8 Å². The first kappa shape index (κ1) is 21.0. The molecule has 0 radical (unpaired) electrons. The summed E-state index contributed by atoms with van der Waals surface area (Å²) in [5.74, 6) is 0.699. The van der Waals surface area contributed by atoms with Crippen LogP contribution < -0.4 is 0 Å². The van der Waals surface area contributed by atoms with Gasteiger partial charge in [0, 0.05) is 7.05 Å². The van der Waals surface area contributed by atoms with E-state index >= 15 is 0 Å². The highest BCUT2D eigenvalue weighted by molar-refractivity contribution is 7.80. The van der Waals surface area contributed by atoms with Crippen LogP contribution >= 0.6 is 0 Å². The van der Waals surface area contributed by atoms with E-state index in [-0.39, 0.29) is 0 Å². The molecule has 1 aliphatic heterocycles. The van der Waals surface area contributed by atoms with Crippen LogP contribution in [0.2, 0.25) is 0 Å². The molecule has 0 fully saturated rings. The summed E-state index contributed by atoms with van der Waals surface area (Å²) >= 11 is 0. The SMILES string of the molecule is CN1C=[N+](c2ncccn2)C=CC1.O=S(=O)(O)O.O=S(=O)([O-])O. The van der Waals surface area contributed by atoms with Crippen molar-refractivity contribution in [3.63, 3.8) is 0 Å². The van der Waals surface area contributed by atoms with E-state index in [1.165, 1.54) is 0 Å². The fourth-order valence-corrected chi connectivity index (χ4v) is 1.17. The Morgan fingerprint density at radius 2 is 1.61 bits per heavy atom. The quantitative estimate of drug-likeness (QED) is 0.311. The van der Waals surface area contributed by atoms with E-state index in [1.54, 1.807) is 18.5 Å². The highest BCUT2D eigenvalue weighted by atomic mass is 32.3. The lowest BCUT2D eigenvalue weighted by Gasteiger charge is -2.12. The summed E-state index contributed by atoms with van der Waals surface area (Å²) in [6.45, 7) is 0.934. The monoisotopic (exact) mass is 370 g/mol. The molecule has 0 atom stereocenters. The number of hydrogen-bond acceptors (Lipinski definition) is 8. The van der Waals surface area contributed by atoms with Gasteiger partial charge in [-0.1, -0.05) is 0 Å². The van der Waals surface area contributed by atoms with Crippen molar-refractivity contribution in [2.75, 3.05) is 13.6 Å². The maximum absolute atomic E-state index is 8.74. The Bertz CT molecular complexity index is 699. The van der Waals surface area contributed by atoms with Gasteiger partial charge < -0.3 is 9.45 Å². The van der Waals surface area contributed by atoms with Gasteiger partial charge in [-0.25, -0.2) is 13.0 Å². The molecule has 1 aliphatic rings. The van der Waals surface area contributed by atoms with Gasteiger partial charge in [0.2, 0.25) is 10.4 Å². The summed E-state index contributed by atoms with van der Waals surface area (Å²) < 4.78 is 66.3. The Morgan fingerprint density at radius 3 is 2.00 bits per heavy atom. The first-order chi connectivity index (χ1) is 10.4. The van der Waals surface area contributed by atoms with Crippen LogP contribution in [-0.2, 0) is 20.8 Å². The van der Waals surface area contributed by atoms with Gasteiger partial charge in [-0.15, -0.1) is 9.97 Å². The van der Waals surface area contributed by atoms with Gasteiger partial charge in [-0.05, 0) is 12.1 Å². The number of likely N-dealkylation sites (N-methyl/N-ethyl adjacent to an activating group) is 1. The standard InChI is InChI=1S/C9H11N4.2H2O4S/c1-12-6-3-7-13(8-12)9-10-4-2-5-11-9;2*1-5(2,3)4/h2-5,7-8H,6H2,1H3;2*(H2,1,2,3,4)/q+1;;/p-1. The highest BCUT2D eigenvalue weighted by Gasteiger charge is 2.09. The molecule has 23 heavy (non-hydrogen) atoms. The van der Waals surface area contributed by atoms with Crippen LogP contribution in [0.1, 0.15) is 0 Å². The molecular formula is C9H14N4O8S2. The van der Waals surface area contributed by atoms with Crippen molar-refractivity contribution in [2.24, 2.45) is 0 Å². The number of aromatic nitrogens is 2. The molecule has 0 amide bonds. The van der Waals surface area contributed by atoms with Gasteiger partial charge >= 0.3 is 16.3 Å². The van der Waals surface area contributed by atoms with Crippen LogP contribution in [-0.4, -0.2) is 74.4 Å². The van der Waals surface area contributed by atoms with E-state index in [4.69, 9.17) is 35.0 Å². The van der Waals surface area contributed by atoms with Crippen molar-refractivity contribution in [3.05, 3.63) is 30.7 Å². The molecule has 0 spiro atoms. The molecule has 3 N–H and O–H groups in total. The molecule has 0 saturated carbocycles. The first-order valence-corrected chi connectivity index (χ1v) is 8.28. The largest absolute Gasteiger partial charge is 0.726 e. The highest BCUT2D eigenvalue weighted by Crippen LogP contribution is 2.03. The van der Waals surface area contributed by atoms with Crippen LogP contribution in [0.25, 0.3) is 0 Å². The van der Waals surface area contributed by atoms with E-state index in [1.807, 2.05) is 24.2 Å². The Morgan fingerprint density at radius 1 is 1.17 bits per heavy atom. The Labute approximate surface area is 132 Å². The maximum Gasteiger partial charge on any atom is 0.394 e. The smallest absolute Gasteiger partial charge is 0.394 e. The lowest BCUT2D eigenvalue weighted by molar-refractivity contribution is -0.373. The molecular weight excluding hydrogens is 356 g/mol. The fraction of sp³-hybridized carbons (Fsp3) is 0.222. The molecule has 2 rings (SSSR count). The van der Waals surface area contributed by atoms with Crippen LogP contribution in [0.4, 0.5) is 5.95 Å². The third-order valence-electron chi connectivity index (χ3n) is 1.76. The minimum atomic E-state index is -4.92. The van der Waals surface area contributed by atoms with Gasteiger partial charge in [0.1, 0.15) is 0 Å². The first-order valence-electron chi connectivity index (χ1n) is 5.51. The van der Waals surface area contributed by atoms with Crippen LogP contribution in [0.5, 0.6) is 0 Å². The summed E-state index contributed by atoms with van der Waals surface area (Å²) in [5.41, 5.74) is 0. The number of rotatable bonds is 1. The van der Waals surface area contributed by atoms with Crippen molar-refractivity contribution in [3.8, 4) is 0 Å². The second kappa shape index (κ2) is 9.23. The lowest BCUT2D eigenvalue weighted by atomic mass is 10.5. The van der Waals surface area contributed by atoms with Crippen molar-refractivity contribution >= 4 is 33.1 Å². The number of hydrogen-bond donors (Lipinski definition) is 3. The lowest BCUT2D eigenvalue weighted by Crippen LogP contribution is -2.25. The van der Waals surface area contributed by atoms with E-state index in [0.717, 1.165) is 6.54 Å². The topological polar surface area (TPSA) is 184 Å². The molecule has 14 heteroatoms. The Balaban J connectivity index is 0.000000406. The normalized spacial score (nSPS) is 14.0. The molecule has 1 aromatic rings. The van der Waals surface area contributed by atoms with Crippen LogP contribution in [0.15, 0.2) is 30.7 Å². The zero-order chi connectivity index (χ0) is 18.1. The molecule has 0 aliphatic carbocycles. The second-order valence-corrected chi connectivity index (χ2v) is 5.52. The number of nitrogens with zero attached hydrogens (tertiary/aromatic N) is 4. The van der Waals surface area contributed by atoms with Crippen molar-refractivity contribution in [1.29, 1.82) is 0 Å². The minimum Gasteiger partial charge on any atom is -0.726 e. The summed E-state index contributed by atoms with van der Waals surface area (Å²) in [7, 11) is -7.57. The van der Waals surface area contributed by atoms with Crippen molar-refractivity contribution < 1.29 is 39.6 Å². The zero-order valence-electron chi connectivity index (χ0n) is 11.7. The van der Waals surface area contributed by atoms with E-state index in [2.05, 4.69) is 20.9 Å². The van der Waals surface area contributed by atoms with Gasteiger partial charge in [0.15, 0.2) is 6.34 Å². The van der Waals surface area contributed by atoms with Crippen molar-refractivity contribution in [2.45, 2.75) is 0 Å². The van der Waals surface area contributed by atoms with Gasteiger partial charge in [-0.3, -0.25) is 13.7 Å². The van der Waals surface area contributed by atoms with Crippen molar-refractivity contribution in [1.82, 2.24) is 14.9 Å². The molecule has 1 aromatic heterocycles. The molecule has 0 saturated heterocycles. The van der Waals surface area contributed by atoms with Gasteiger partial charge in [0.25, 0.3) is 0 Å². The van der Waals surface area contributed by atoms with Gasteiger partial charge in [-0.2, -0.15) is 8.42 Å². The second-order valence-electron chi connectivity index (χ2n) is 3.77. The summed E-state index contributed by atoms with van der Waals surface area (Å²) in [6.07, 6.45) is 9.47. The fourth-order valence-electron chi connectivity index (χ4n) is 1.17. The van der Waals surface area contributed by atoms with Crippen LogP contribution in [0.3, 0.4) is 0 Å². The summed E-state index contributed by atoms with van der Waals surface area (Å²) in [6, 6.07) is 1.81. The zero-order valence-corrected chi connectivity index (χ0v) is 13.3. The van der Waals surface area contributed by atoms with Gasteiger partial charge in [0.05, 0.1) is 25.1 Å². The van der Waals surface area contributed by atoms with Crippen LogP contribution in [0, 0.1) is 0 Å². The summed E-state index contributed by atoms with van der Waals surface area (Å²) in [5, 5.41) is 0. The molecule has 0 bridgehead atoms. The predicted octanol–water partition coefficient (Wildman–Crippen LogP) is -1.04. The average molecular weight is 370 g/mol. The molecule has 12 nitrogen and oxygen atoms in total. The van der Waals surface area contributed by atoms with E-state index in [9.17, 15) is 0 Å². The molecule has 0 aromatic carbocycles. The summed E-state index contributed by atoms with van der Waals surface area (Å²) in [4.78, 5) is 10.4. The molecule has 0 unspecified atom stereocenters. The Kier molecular flexibility index (Phi) is 8.44. The Hall–Kier alpha value is -1.97. The van der Waals surface area contributed by atoms with E-state index in [0.29, 0.717) is 5.95 Å². The third-order valence-corrected chi connectivity index (χ3v) is 1.76.